The Morgan fingerprint density at radius 1 is 1.00 bits per heavy atom. The van der Waals surface area contributed by atoms with Crippen LogP contribution in [0.5, 0.6) is 0 Å². The third kappa shape index (κ3) is 3.02. The Morgan fingerprint density at radius 2 is 1.81 bits per heavy atom. The highest BCUT2D eigenvalue weighted by Crippen LogP contribution is 2.15. The van der Waals surface area contributed by atoms with Crippen molar-refractivity contribution in [3.8, 4) is 5.82 Å². The van der Waals surface area contributed by atoms with Crippen LogP contribution < -0.4 is 0 Å². The number of aryl methyl sites for hydroxylation is 2. The molecule has 0 aliphatic rings. The van der Waals surface area contributed by atoms with Crippen molar-refractivity contribution in [2.75, 3.05) is 0 Å². The number of hydrogen-bond acceptors (Lipinski definition) is 2. The van der Waals surface area contributed by atoms with E-state index in [9.17, 15) is 0 Å². The maximum atomic E-state index is 4.74. The number of rotatable bonds is 4. The van der Waals surface area contributed by atoms with Gasteiger partial charge in [0, 0.05) is 17.8 Å². The maximum Gasteiger partial charge on any atom is 0.153 e. The van der Waals surface area contributed by atoms with Crippen molar-refractivity contribution in [3.63, 3.8) is 0 Å². The molecule has 0 aliphatic carbocycles. The van der Waals surface area contributed by atoms with Crippen molar-refractivity contribution >= 4 is 0 Å². The van der Waals surface area contributed by atoms with Crippen LogP contribution in [-0.4, -0.2) is 14.8 Å². The molecular formula is C18H19N3. The van der Waals surface area contributed by atoms with E-state index in [0.29, 0.717) is 0 Å². The molecule has 0 spiro atoms. The smallest absolute Gasteiger partial charge is 0.153 e. The van der Waals surface area contributed by atoms with Gasteiger partial charge in [0.15, 0.2) is 5.82 Å². The van der Waals surface area contributed by atoms with Gasteiger partial charge < -0.3 is 0 Å². The summed E-state index contributed by atoms with van der Waals surface area (Å²) >= 11 is 0. The van der Waals surface area contributed by atoms with E-state index in [0.717, 1.165) is 30.0 Å². The van der Waals surface area contributed by atoms with Crippen LogP contribution in [0.3, 0.4) is 0 Å². The molecule has 0 atom stereocenters. The minimum absolute atomic E-state index is 0.854. The summed E-state index contributed by atoms with van der Waals surface area (Å²) in [5, 5.41) is 4.74. The molecule has 0 amide bonds. The fourth-order valence-corrected chi connectivity index (χ4v) is 2.46. The summed E-state index contributed by atoms with van der Waals surface area (Å²) in [5.74, 6) is 0.895. The highest BCUT2D eigenvalue weighted by Gasteiger charge is 2.09. The van der Waals surface area contributed by atoms with Gasteiger partial charge in [-0.2, -0.15) is 5.10 Å². The Morgan fingerprint density at radius 3 is 2.52 bits per heavy atom. The van der Waals surface area contributed by atoms with E-state index in [4.69, 9.17) is 5.10 Å². The average molecular weight is 277 g/mol. The van der Waals surface area contributed by atoms with E-state index in [1.54, 1.807) is 0 Å². The molecule has 0 saturated carbocycles. The van der Waals surface area contributed by atoms with Crippen LogP contribution in [0.1, 0.15) is 29.6 Å². The Hall–Kier alpha value is -2.42. The lowest BCUT2D eigenvalue weighted by Crippen LogP contribution is -2.04. The molecule has 2 aromatic heterocycles. The monoisotopic (exact) mass is 277 g/mol. The predicted molar refractivity (Wildman–Crippen MR) is 84.7 cm³/mol. The van der Waals surface area contributed by atoms with Crippen LogP contribution >= 0.6 is 0 Å². The zero-order valence-electron chi connectivity index (χ0n) is 12.5. The van der Waals surface area contributed by atoms with Crippen molar-refractivity contribution in [2.45, 2.75) is 26.7 Å². The molecule has 3 heteroatoms. The summed E-state index contributed by atoms with van der Waals surface area (Å²) < 4.78 is 1.96. The normalized spacial score (nSPS) is 10.8. The van der Waals surface area contributed by atoms with Crippen molar-refractivity contribution in [2.24, 2.45) is 0 Å². The molecule has 0 unspecified atom stereocenters. The zero-order valence-corrected chi connectivity index (χ0v) is 12.5. The van der Waals surface area contributed by atoms with E-state index >= 15 is 0 Å². The van der Waals surface area contributed by atoms with Crippen molar-refractivity contribution < 1.29 is 0 Å². The maximum absolute atomic E-state index is 4.74. The fourth-order valence-electron chi connectivity index (χ4n) is 2.46. The molecule has 21 heavy (non-hydrogen) atoms. The molecule has 3 nitrogen and oxygen atoms in total. The van der Waals surface area contributed by atoms with Crippen LogP contribution in [0.4, 0.5) is 0 Å². The standard InChI is InChI=1S/C18H19N3/c1-3-17-13-16(12-15-9-5-4-6-10-15)20-21(17)18-11-7-8-14(2)19-18/h4-11,13H,3,12H2,1-2H3. The van der Waals surface area contributed by atoms with Crippen LogP contribution in [0.25, 0.3) is 5.82 Å². The number of aromatic nitrogens is 3. The Labute approximate surface area is 125 Å². The van der Waals surface area contributed by atoms with E-state index in [1.807, 2.05) is 35.9 Å². The molecule has 0 bridgehead atoms. The zero-order chi connectivity index (χ0) is 14.7. The molecule has 3 rings (SSSR count). The Balaban J connectivity index is 1.95. The minimum atomic E-state index is 0.854. The second-order valence-corrected chi connectivity index (χ2v) is 5.19. The highest BCUT2D eigenvalue weighted by atomic mass is 15.3. The molecular weight excluding hydrogens is 258 g/mol. The van der Waals surface area contributed by atoms with Crippen molar-refractivity contribution in [1.82, 2.24) is 14.8 Å². The molecule has 0 radical (unpaired) electrons. The molecule has 1 aromatic carbocycles. The number of benzene rings is 1. The second kappa shape index (κ2) is 5.92. The summed E-state index contributed by atoms with van der Waals surface area (Å²) in [4.78, 5) is 4.57. The molecule has 0 N–H and O–H groups in total. The van der Waals surface area contributed by atoms with Gasteiger partial charge in [0.2, 0.25) is 0 Å². The molecule has 3 aromatic rings. The SMILES string of the molecule is CCc1cc(Cc2ccccc2)nn1-c1cccc(C)n1. The Bertz CT molecular complexity index is 729. The summed E-state index contributed by atoms with van der Waals surface area (Å²) in [5.41, 5.74) is 4.57. The van der Waals surface area contributed by atoms with E-state index in [-0.39, 0.29) is 0 Å². The summed E-state index contributed by atoms with van der Waals surface area (Å²) in [7, 11) is 0. The first-order valence-electron chi connectivity index (χ1n) is 7.32. The number of nitrogens with zero attached hydrogens (tertiary/aromatic N) is 3. The van der Waals surface area contributed by atoms with Crippen molar-refractivity contribution in [1.29, 1.82) is 0 Å². The van der Waals surface area contributed by atoms with E-state index in [2.05, 4.69) is 42.2 Å². The molecule has 106 valence electrons. The van der Waals surface area contributed by atoms with E-state index in [1.165, 1.54) is 11.3 Å². The van der Waals surface area contributed by atoms with Gasteiger partial charge in [0.1, 0.15) is 0 Å². The van der Waals surface area contributed by atoms with Gasteiger partial charge in [-0.1, -0.05) is 43.3 Å². The minimum Gasteiger partial charge on any atom is -0.234 e. The third-order valence-electron chi connectivity index (χ3n) is 3.51. The van der Waals surface area contributed by atoms with Crippen LogP contribution in [0, 0.1) is 6.92 Å². The lowest BCUT2D eigenvalue weighted by molar-refractivity contribution is 0.772. The van der Waals surface area contributed by atoms with Crippen LogP contribution in [0.2, 0.25) is 0 Å². The van der Waals surface area contributed by atoms with Crippen molar-refractivity contribution in [3.05, 3.63) is 77.2 Å². The molecule has 0 saturated heterocycles. The van der Waals surface area contributed by atoms with Crippen LogP contribution in [0.15, 0.2) is 54.6 Å². The quantitative estimate of drug-likeness (QED) is 0.727. The fraction of sp³-hybridized carbons (Fsp3) is 0.222. The summed E-state index contributed by atoms with van der Waals surface area (Å²) in [6.07, 6.45) is 1.80. The van der Waals surface area contributed by atoms with Gasteiger partial charge in [0.25, 0.3) is 0 Å². The summed E-state index contributed by atoms with van der Waals surface area (Å²) in [6.45, 7) is 4.15. The third-order valence-corrected chi connectivity index (χ3v) is 3.51. The van der Waals surface area contributed by atoms with Gasteiger partial charge in [-0.05, 0) is 37.1 Å². The lowest BCUT2D eigenvalue weighted by Gasteiger charge is -2.05. The molecule has 0 aliphatic heterocycles. The average Bonchev–Trinajstić information content (AvgIpc) is 2.91. The van der Waals surface area contributed by atoms with Crippen LogP contribution in [-0.2, 0) is 12.8 Å². The van der Waals surface area contributed by atoms with Gasteiger partial charge in [-0.3, -0.25) is 0 Å². The topological polar surface area (TPSA) is 30.7 Å². The van der Waals surface area contributed by atoms with E-state index < -0.39 is 0 Å². The molecule has 0 fully saturated rings. The first-order chi connectivity index (χ1) is 10.3. The first-order valence-corrected chi connectivity index (χ1v) is 7.32. The largest absolute Gasteiger partial charge is 0.234 e. The van der Waals surface area contributed by atoms with Gasteiger partial charge in [0.05, 0.1) is 5.69 Å². The number of hydrogen-bond donors (Lipinski definition) is 0. The molecule has 2 heterocycles. The van der Waals surface area contributed by atoms with Gasteiger partial charge in [-0.15, -0.1) is 0 Å². The predicted octanol–water partition coefficient (Wildman–Crippen LogP) is 3.73. The van der Waals surface area contributed by atoms with Gasteiger partial charge >= 0.3 is 0 Å². The second-order valence-electron chi connectivity index (χ2n) is 5.19. The highest BCUT2D eigenvalue weighted by molar-refractivity contribution is 5.30. The van der Waals surface area contributed by atoms with Gasteiger partial charge in [-0.25, -0.2) is 9.67 Å². The summed E-state index contributed by atoms with van der Waals surface area (Å²) in [6, 6.07) is 18.6. The lowest BCUT2D eigenvalue weighted by atomic mass is 10.1. The Kier molecular flexibility index (Phi) is 3.82. The first kappa shape index (κ1) is 13.6. The number of pyridine rings is 1.